The normalized spacial score (nSPS) is 11.2. The van der Waals surface area contributed by atoms with Crippen molar-refractivity contribution in [3.63, 3.8) is 0 Å². The standard InChI is InChI=1S/C27H22N4O3/c1-33-18-11-12-21(26(13-18)34-2)25-14-22(20-8-4-6-10-24(20)30-25)27(32)31-29-16-17-15-28-23-9-5-3-7-19(17)23/h3-16,28H,1-2H3,(H,31,32)/b29-16+. The first-order valence-electron chi connectivity index (χ1n) is 10.7. The van der Waals surface area contributed by atoms with Gasteiger partial charge in [-0.25, -0.2) is 10.4 Å². The van der Waals surface area contributed by atoms with E-state index >= 15 is 0 Å². The Kier molecular flexibility index (Phi) is 5.66. The van der Waals surface area contributed by atoms with Gasteiger partial charge >= 0.3 is 0 Å². The summed E-state index contributed by atoms with van der Waals surface area (Å²) in [5.41, 5.74) is 7.09. The van der Waals surface area contributed by atoms with Gasteiger partial charge in [0.05, 0.1) is 37.2 Å². The van der Waals surface area contributed by atoms with Crippen LogP contribution in [0, 0.1) is 0 Å². The number of hydrogen-bond acceptors (Lipinski definition) is 5. The summed E-state index contributed by atoms with van der Waals surface area (Å²) >= 11 is 0. The van der Waals surface area contributed by atoms with Gasteiger partial charge in [-0.15, -0.1) is 0 Å². The second-order valence-electron chi connectivity index (χ2n) is 7.63. The second kappa shape index (κ2) is 9.07. The van der Waals surface area contributed by atoms with Crippen LogP contribution in [0.4, 0.5) is 0 Å². The lowest BCUT2D eigenvalue weighted by Crippen LogP contribution is -2.18. The fourth-order valence-corrected chi connectivity index (χ4v) is 3.93. The highest BCUT2D eigenvalue weighted by Crippen LogP contribution is 2.34. The van der Waals surface area contributed by atoms with E-state index in [0.717, 1.165) is 27.4 Å². The van der Waals surface area contributed by atoms with Crippen molar-refractivity contribution in [2.45, 2.75) is 0 Å². The van der Waals surface area contributed by atoms with Gasteiger partial charge in [0.25, 0.3) is 5.91 Å². The number of nitrogens with zero attached hydrogens (tertiary/aromatic N) is 2. The quantitative estimate of drug-likeness (QED) is 0.276. The predicted octanol–water partition coefficient (Wildman–Crippen LogP) is 5.16. The van der Waals surface area contributed by atoms with E-state index < -0.39 is 0 Å². The summed E-state index contributed by atoms with van der Waals surface area (Å²) in [5, 5.41) is 5.97. The molecule has 5 aromatic rings. The number of carbonyl (C=O) groups is 1. The third kappa shape index (κ3) is 3.95. The highest BCUT2D eigenvalue weighted by Gasteiger charge is 2.16. The van der Waals surface area contributed by atoms with Crippen LogP contribution in [0.1, 0.15) is 15.9 Å². The molecule has 0 unspecified atom stereocenters. The first-order chi connectivity index (χ1) is 16.7. The van der Waals surface area contributed by atoms with Gasteiger partial charge in [0, 0.05) is 39.7 Å². The first-order valence-corrected chi connectivity index (χ1v) is 10.7. The summed E-state index contributed by atoms with van der Waals surface area (Å²) in [7, 11) is 3.19. The number of carbonyl (C=O) groups excluding carboxylic acids is 1. The summed E-state index contributed by atoms with van der Waals surface area (Å²) in [6.07, 6.45) is 3.49. The lowest BCUT2D eigenvalue weighted by molar-refractivity contribution is 0.0956. The molecule has 3 aromatic carbocycles. The Labute approximate surface area is 196 Å². The van der Waals surface area contributed by atoms with Crippen molar-refractivity contribution in [1.82, 2.24) is 15.4 Å². The van der Waals surface area contributed by atoms with Crippen molar-refractivity contribution in [3.8, 4) is 22.8 Å². The molecule has 0 saturated carbocycles. The van der Waals surface area contributed by atoms with Crippen LogP contribution >= 0.6 is 0 Å². The number of benzene rings is 3. The molecular weight excluding hydrogens is 428 g/mol. The molecule has 2 aromatic heterocycles. The third-order valence-electron chi connectivity index (χ3n) is 5.64. The number of pyridine rings is 1. The van der Waals surface area contributed by atoms with E-state index in [4.69, 9.17) is 14.5 Å². The maximum absolute atomic E-state index is 13.2. The van der Waals surface area contributed by atoms with Crippen molar-refractivity contribution >= 4 is 33.9 Å². The number of rotatable bonds is 6. The molecule has 0 radical (unpaired) electrons. The summed E-state index contributed by atoms with van der Waals surface area (Å²) in [5.74, 6) is 0.945. The minimum absolute atomic E-state index is 0.330. The van der Waals surface area contributed by atoms with Crippen LogP contribution in [-0.2, 0) is 0 Å². The smallest absolute Gasteiger partial charge is 0.272 e. The molecule has 34 heavy (non-hydrogen) atoms. The van der Waals surface area contributed by atoms with Crippen molar-refractivity contribution < 1.29 is 14.3 Å². The molecule has 0 aliphatic carbocycles. The summed E-state index contributed by atoms with van der Waals surface area (Å²) in [6, 6.07) is 22.7. The fourth-order valence-electron chi connectivity index (χ4n) is 3.93. The zero-order valence-corrected chi connectivity index (χ0v) is 18.7. The molecule has 1 amide bonds. The number of nitrogens with one attached hydrogen (secondary N) is 2. The van der Waals surface area contributed by atoms with E-state index in [1.165, 1.54) is 0 Å². The molecule has 2 heterocycles. The predicted molar refractivity (Wildman–Crippen MR) is 134 cm³/mol. The first kappa shape index (κ1) is 21.2. The number of ether oxygens (including phenoxy) is 2. The number of aromatic nitrogens is 2. The number of H-pyrrole nitrogens is 1. The van der Waals surface area contributed by atoms with Crippen molar-refractivity contribution in [1.29, 1.82) is 0 Å². The van der Waals surface area contributed by atoms with Gasteiger partial charge in [-0.2, -0.15) is 5.10 Å². The summed E-state index contributed by atoms with van der Waals surface area (Å²) in [6.45, 7) is 0. The number of amides is 1. The average molecular weight is 450 g/mol. The molecular formula is C27H22N4O3. The van der Waals surface area contributed by atoms with Crippen LogP contribution in [0.15, 0.2) is 84.1 Å². The van der Waals surface area contributed by atoms with Gasteiger partial charge in [-0.3, -0.25) is 4.79 Å². The molecule has 0 fully saturated rings. The average Bonchev–Trinajstić information content (AvgIpc) is 3.30. The van der Waals surface area contributed by atoms with Crippen molar-refractivity contribution in [2.75, 3.05) is 14.2 Å². The zero-order valence-electron chi connectivity index (χ0n) is 18.7. The van der Waals surface area contributed by atoms with Crippen LogP contribution in [0.5, 0.6) is 11.5 Å². The minimum Gasteiger partial charge on any atom is -0.497 e. The Bertz CT molecular complexity index is 1540. The Balaban J connectivity index is 1.51. The lowest BCUT2D eigenvalue weighted by Gasteiger charge is -2.12. The molecule has 0 bridgehead atoms. The second-order valence-corrected chi connectivity index (χ2v) is 7.63. The van der Waals surface area contributed by atoms with Gasteiger partial charge < -0.3 is 14.5 Å². The largest absolute Gasteiger partial charge is 0.497 e. The molecule has 7 heteroatoms. The number of aromatic amines is 1. The van der Waals surface area contributed by atoms with E-state index in [0.29, 0.717) is 28.3 Å². The number of para-hydroxylation sites is 2. The summed E-state index contributed by atoms with van der Waals surface area (Å²) < 4.78 is 10.8. The lowest BCUT2D eigenvalue weighted by atomic mass is 10.0. The van der Waals surface area contributed by atoms with E-state index in [1.807, 2.05) is 66.9 Å². The van der Waals surface area contributed by atoms with Gasteiger partial charge in [0.1, 0.15) is 11.5 Å². The summed E-state index contributed by atoms with van der Waals surface area (Å²) in [4.78, 5) is 21.1. The number of fused-ring (bicyclic) bond motifs is 2. The molecule has 168 valence electrons. The molecule has 7 nitrogen and oxygen atoms in total. The highest BCUT2D eigenvalue weighted by molar-refractivity contribution is 6.08. The molecule has 0 saturated heterocycles. The van der Waals surface area contributed by atoms with E-state index in [1.54, 1.807) is 32.6 Å². The van der Waals surface area contributed by atoms with Crippen molar-refractivity contribution in [2.24, 2.45) is 5.10 Å². The maximum atomic E-state index is 13.2. The maximum Gasteiger partial charge on any atom is 0.272 e. The van der Waals surface area contributed by atoms with Gasteiger partial charge in [0.15, 0.2) is 0 Å². The molecule has 2 N–H and O–H groups in total. The van der Waals surface area contributed by atoms with Crippen LogP contribution in [0.2, 0.25) is 0 Å². The number of methoxy groups -OCH3 is 2. The Morgan fingerprint density at radius 2 is 1.76 bits per heavy atom. The number of hydrogen-bond donors (Lipinski definition) is 2. The highest BCUT2D eigenvalue weighted by atomic mass is 16.5. The van der Waals surface area contributed by atoms with Gasteiger partial charge in [0.2, 0.25) is 0 Å². The van der Waals surface area contributed by atoms with Gasteiger partial charge in [-0.1, -0.05) is 36.4 Å². The topological polar surface area (TPSA) is 88.6 Å². The van der Waals surface area contributed by atoms with Crippen LogP contribution in [0.3, 0.4) is 0 Å². The van der Waals surface area contributed by atoms with E-state index in [-0.39, 0.29) is 5.91 Å². The Hall–Kier alpha value is -4.65. The fraction of sp³-hybridized carbons (Fsp3) is 0.0741. The van der Waals surface area contributed by atoms with Crippen LogP contribution < -0.4 is 14.9 Å². The molecule has 0 aliphatic heterocycles. The molecule has 0 spiro atoms. The minimum atomic E-state index is -0.330. The van der Waals surface area contributed by atoms with Crippen LogP contribution in [0.25, 0.3) is 33.1 Å². The Morgan fingerprint density at radius 3 is 2.59 bits per heavy atom. The third-order valence-corrected chi connectivity index (χ3v) is 5.64. The van der Waals surface area contributed by atoms with E-state index in [2.05, 4.69) is 15.5 Å². The van der Waals surface area contributed by atoms with Gasteiger partial charge in [-0.05, 0) is 30.3 Å². The van der Waals surface area contributed by atoms with E-state index in [9.17, 15) is 4.79 Å². The SMILES string of the molecule is COc1ccc(-c2cc(C(=O)N/N=C/c3c[nH]c4ccccc34)c3ccccc3n2)c(OC)c1. The molecule has 0 aliphatic rings. The Morgan fingerprint density at radius 1 is 0.971 bits per heavy atom. The monoisotopic (exact) mass is 450 g/mol. The van der Waals surface area contributed by atoms with Crippen molar-refractivity contribution in [3.05, 3.63) is 90.1 Å². The zero-order chi connectivity index (χ0) is 23.5. The number of hydrazone groups is 1. The molecule has 5 rings (SSSR count). The molecule has 0 atom stereocenters. The van der Waals surface area contributed by atoms with Crippen LogP contribution in [-0.4, -0.2) is 36.3 Å².